The molecule has 2 aromatic rings. The number of nitro benzene ring substituents is 1. The fourth-order valence-corrected chi connectivity index (χ4v) is 2.79. The highest BCUT2D eigenvalue weighted by molar-refractivity contribution is 6.02. The molecule has 0 unspecified atom stereocenters. The number of carbonyl (C=O) groups is 2. The fourth-order valence-electron chi connectivity index (χ4n) is 2.79. The summed E-state index contributed by atoms with van der Waals surface area (Å²) in [6.45, 7) is 2.20. The smallest absolute Gasteiger partial charge is 0.271 e. The van der Waals surface area contributed by atoms with E-state index in [1.807, 2.05) is 31.2 Å². The van der Waals surface area contributed by atoms with Crippen LogP contribution in [-0.2, 0) is 16.1 Å². The number of ether oxygens (including phenoxy) is 2. The number of amides is 2. The summed E-state index contributed by atoms with van der Waals surface area (Å²) in [6.07, 6.45) is 0. The van der Waals surface area contributed by atoms with Gasteiger partial charge in [0.05, 0.1) is 17.2 Å². The number of nitrogens with one attached hydrogen (secondary N) is 1. The van der Waals surface area contributed by atoms with Crippen LogP contribution in [0.5, 0.6) is 11.5 Å². The molecule has 3 rings (SSSR count). The van der Waals surface area contributed by atoms with Gasteiger partial charge < -0.3 is 14.8 Å². The lowest BCUT2D eigenvalue weighted by Crippen LogP contribution is -2.45. The van der Waals surface area contributed by atoms with E-state index >= 15 is 0 Å². The van der Waals surface area contributed by atoms with Crippen LogP contribution in [0.3, 0.4) is 0 Å². The second-order valence-electron chi connectivity index (χ2n) is 6.03. The molecule has 2 aromatic carbocycles. The van der Waals surface area contributed by atoms with Crippen LogP contribution in [0.15, 0.2) is 42.5 Å². The lowest BCUT2D eigenvalue weighted by molar-refractivity contribution is -0.384. The van der Waals surface area contributed by atoms with Gasteiger partial charge in [0.1, 0.15) is 18.0 Å². The molecule has 0 saturated carbocycles. The minimum atomic E-state index is -0.566. The molecule has 0 aromatic heterocycles. The van der Waals surface area contributed by atoms with Crippen LogP contribution in [0.4, 0.5) is 11.4 Å². The van der Waals surface area contributed by atoms with Gasteiger partial charge in [0, 0.05) is 18.7 Å². The van der Waals surface area contributed by atoms with Crippen LogP contribution in [-0.4, -0.2) is 36.5 Å². The number of non-ortho nitro benzene ring substituents is 1. The maximum Gasteiger partial charge on any atom is 0.271 e. The lowest BCUT2D eigenvalue weighted by atomic mass is 10.2. The molecule has 0 bridgehead atoms. The summed E-state index contributed by atoms with van der Waals surface area (Å²) in [5.74, 6) is 0.192. The Kier molecular flexibility index (Phi) is 5.73. The number of nitro groups is 1. The van der Waals surface area contributed by atoms with Gasteiger partial charge in [0.2, 0.25) is 5.91 Å². The van der Waals surface area contributed by atoms with Crippen molar-refractivity contribution >= 4 is 23.2 Å². The summed E-state index contributed by atoms with van der Waals surface area (Å²) in [5.41, 5.74) is 0.873. The number of carbonyl (C=O) groups excluding carboxylic acids is 2. The van der Waals surface area contributed by atoms with Crippen molar-refractivity contribution in [1.29, 1.82) is 0 Å². The van der Waals surface area contributed by atoms with Crippen molar-refractivity contribution < 1.29 is 24.0 Å². The van der Waals surface area contributed by atoms with Crippen molar-refractivity contribution in [1.82, 2.24) is 5.32 Å². The largest absolute Gasteiger partial charge is 0.494 e. The van der Waals surface area contributed by atoms with Crippen molar-refractivity contribution in [2.24, 2.45) is 0 Å². The monoisotopic (exact) mass is 385 g/mol. The molecule has 1 heterocycles. The summed E-state index contributed by atoms with van der Waals surface area (Å²) in [4.78, 5) is 36.2. The summed E-state index contributed by atoms with van der Waals surface area (Å²) >= 11 is 0. The molecular formula is C19H19N3O6. The molecule has 9 nitrogen and oxygen atoms in total. The zero-order valence-corrected chi connectivity index (χ0v) is 15.2. The second kappa shape index (κ2) is 8.38. The van der Waals surface area contributed by atoms with Crippen LogP contribution < -0.4 is 19.7 Å². The van der Waals surface area contributed by atoms with E-state index in [-0.39, 0.29) is 31.1 Å². The Hall–Kier alpha value is -3.62. The Bertz CT molecular complexity index is 914. The summed E-state index contributed by atoms with van der Waals surface area (Å²) < 4.78 is 10.7. The first-order valence-corrected chi connectivity index (χ1v) is 8.68. The molecule has 146 valence electrons. The third-order valence-electron chi connectivity index (χ3n) is 4.10. The minimum absolute atomic E-state index is 0.185. The van der Waals surface area contributed by atoms with E-state index in [2.05, 4.69) is 5.32 Å². The third kappa shape index (κ3) is 4.37. The predicted octanol–water partition coefficient (Wildman–Crippen LogP) is 2.04. The van der Waals surface area contributed by atoms with Crippen LogP contribution in [0.25, 0.3) is 0 Å². The molecule has 28 heavy (non-hydrogen) atoms. The van der Waals surface area contributed by atoms with Crippen molar-refractivity contribution in [3.63, 3.8) is 0 Å². The summed E-state index contributed by atoms with van der Waals surface area (Å²) in [5, 5.41) is 13.7. The Morgan fingerprint density at radius 2 is 2.14 bits per heavy atom. The van der Waals surface area contributed by atoms with Gasteiger partial charge in [-0.2, -0.15) is 0 Å². The Labute approximate surface area is 161 Å². The number of fused-ring (bicyclic) bond motifs is 1. The highest BCUT2D eigenvalue weighted by Crippen LogP contribution is 2.35. The molecule has 1 aliphatic rings. The van der Waals surface area contributed by atoms with E-state index in [1.165, 1.54) is 23.1 Å². The van der Waals surface area contributed by atoms with Crippen LogP contribution in [0.2, 0.25) is 0 Å². The zero-order valence-electron chi connectivity index (χ0n) is 15.2. The van der Waals surface area contributed by atoms with Gasteiger partial charge in [-0.05, 0) is 30.7 Å². The highest BCUT2D eigenvalue weighted by Gasteiger charge is 2.29. The number of benzene rings is 2. The molecule has 0 atom stereocenters. The zero-order chi connectivity index (χ0) is 20.1. The van der Waals surface area contributed by atoms with Crippen LogP contribution in [0, 0.1) is 10.1 Å². The molecule has 0 radical (unpaired) electrons. The fraction of sp³-hybridized carbons (Fsp3) is 0.263. The first kappa shape index (κ1) is 19.2. The topological polar surface area (TPSA) is 111 Å². The van der Waals surface area contributed by atoms with Crippen LogP contribution in [0.1, 0.15) is 12.5 Å². The number of anilines is 1. The SMILES string of the molecule is CCOc1cccc(CNC(=O)CN2C(=O)COc3ccc([N+](=O)[O-])cc32)c1. The van der Waals surface area contributed by atoms with Crippen molar-refractivity contribution in [2.45, 2.75) is 13.5 Å². The van der Waals surface area contributed by atoms with Gasteiger partial charge in [0.15, 0.2) is 6.61 Å². The van der Waals surface area contributed by atoms with Gasteiger partial charge in [0.25, 0.3) is 11.6 Å². The van der Waals surface area contributed by atoms with E-state index in [9.17, 15) is 19.7 Å². The molecule has 0 spiro atoms. The van der Waals surface area contributed by atoms with E-state index in [0.29, 0.717) is 18.1 Å². The van der Waals surface area contributed by atoms with Crippen molar-refractivity contribution in [2.75, 3.05) is 24.7 Å². The minimum Gasteiger partial charge on any atom is -0.494 e. The van der Waals surface area contributed by atoms with Crippen molar-refractivity contribution in [3.8, 4) is 11.5 Å². The lowest BCUT2D eigenvalue weighted by Gasteiger charge is -2.28. The number of rotatable bonds is 7. The molecule has 0 fully saturated rings. The van der Waals surface area contributed by atoms with Crippen LogP contribution >= 0.6 is 0 Å². The summed E-state index contributed by atoms with van der Waals surface area (Å²) in [7, 11) is 0. The van der Waals surface area contributed by atoms with Gasteiger partial charge >= 0.3 is 0 Å². The first-order valence-electron chi connectivity index (χ1n) is 8.68. The van der Waals surface area contributed by atoms with E-state index in [1.54, 1.807) is 0 Å². The Morgan fingerprint density at radius 1 is 1.32 bits per heavy atom. The molecule has 1 N–H and O–H groups in total. The van der Waals surface area contributed by atoms with Gasteiger partial charge in [-0.25, -0.2) is 0 Å². The van der Waals surface area contributed by atoms with E-state index in [0.717, 1.165) is 5.56 Å². The molecular weight excluding hydrogens is 366 g/mol. The quantitative estimate of drug-likeness (QED) is 0.577. The number of nitrogens with zero attached hydrogens (tertiary/aromatic N) is 2. The Morgan fingerprint density at radius 3 is 2.89 bits per heavy atom. The average molecular weight is 385 g/mol. The molecule has 1 aliphatic heterocycles. The number of hydrogen-bond acceptors (Lipinski definition) is 6. The van der Waals surface area contributed by atoms with E-state index < -0.39 is 16.7 Å². The number of hydrogen-bond donors (Lipinski definition) is 1. The maximum atomic E-state index is 12.4. The van der Waals surface area contributed by atoms with Crippen molar-refractivity contribution in [3.05, 3.63) is 58.1 Å². The highest BCUT2D eigenvalue weighted by atomic mass is 16.6. The first-order chi connectivity index (χ1) is 13.5. The second-order valence-corrected chi connectivity index (χ2v) is 6.03. The normalized spacial score (nSPS) is 12.8. The van der Waals surface area contributed by atoms with E-state index in [4.69, 9.17) is 9.47 Å². The van der Waals surface area contributed by atoms with Gasteiger partial charge in [-0.1, -0.05) is 12.1 Å². The average Bonchev–Trinajstić information content (AvgIpc) is 2.69. The molecule has 0 aliphatic carbocycles. The van der Waals surface area contributed by atoms with Gasteiger partial charge in [-0.15, -0.1) is 0 Å². The third-order valence-corrected chi connectivity index (χ3v) is 4.10. The standard InChI is InChI=1S/C19H19N3O6/c1-2-27-15-5-3-4-13(8-15)10-20-18(23)11-21-16-9-14(22(25)26)6-7-17(16)28-12-19(21)24/h3-9H,2,10-12H2,1H3,(H,20,23). The summed E-state index contributed by atoms with van der Waals surface area (Å²) in [6, 6.07) is 11.3. The maximum absolute atomic E-state index is 12.4. The Balaban J connectivity index is 1.68. The molecule has 9 heteroatoms. The molecule has 2 amide bonds. The predicted molar refractivity (Wildman–Crippen MR) is 100 cm³/mol. The molecule has 0 saturated heterocycles. The van der Waals surface area contributed by atoms with Gasteiger partial charge in [-0.3, -0.25) is 24.6 Å².